The molecule has 0 unspecified atom stereocenters. The number of hydrogen-bond donors (Lipinski definition) is 2. The van der Waals surface area contributed by atoms with Gasteiger partial charge in [0.25, 0.3) is 5.91 Å². The van der Waals surface area contributed by atoms with Gasteiger partial charge in [-0.15, -0.1) is 0 Å². The summed E-state index contributed by atoms with van der Waals surface area (Å²) in [6.45, 7) is 7.45. The predicted octanol–water partition coefficient (Wildman–Crippen LogP) is 2.78. The molecule has 3 atom stereocenters. The van der Waals surface area contributed by atoms with Crippen molar-refractivity contribution < 1.29 is 19.1 Å². The molecule has 1 aromatic carbocycles. The fourth-order valence-electron chi connectivity index (χ4n) is 3.66. The summed E-state index contributed by atoms with van der Waals surface area (Å²) in [6, 6.07) is 9.18. The third-order valence-electron chi connectivity index (χ3n) is 5.27. The molecule has 1 saturated carbocycles. The molecule has 0 radical (unpaired) electrons. The van der Waals surface area contributed by atoms with E-state index in [1.807, 2.05) is 18.2 Å². The molecule has 1 aromatic rings. The van der Waals surface area contributed by atoms with E-state index in [1.54, 1.807) is 12.1 Å². The van der Waals surface area contributed by atoms with Crippen LogP contribution in [0, 0.1) is 17.8 Å². The van der Waals surface area contributed by atoms with Crippen molar-refractivity contribution in [2.45, 2.75) is 46.1 Å². The molecule has 0 saturated heterocycles. The van der Waals surface area contributed by atoms with Crippen LogP contribution in [0.4, 0.5) is 0 Å². The van der Waals surface area contributed by atoms with Gasteiger partial charge in [0.1, 0.15) is 12.4 Å². The van der Waals surface area contributed by atoms with Gasteiger partial charge in [0.15, 0.2) is 6.61 Å². The zero-order valence-corrected chi connectivity index (χ0v) is 17.3. The average molecular weight is 391 g/mol. The molecule has 0 bridgehead atoms. The first kappa shape index (κ1) is 22.2. The molecule has 28 heavy (non-hydrogen) atoms. The monoisotopic (exact) mass is 390 g/mol. The Morgan fingerprint density at radius 1 is 1.04 bits per heavy atom. The van der Waals surface area contributed by atoms with E-state index in [9.17, 15) is 9.59 Å². The highest BCUT2D eigenvalue weighted by Gasteiger charge is 2.31. The number of ether oxygens (including phenoxy) is 2. The lowest BCUT2D eigenvalue weighted by Gasteiger charge is -2.37. The van der Waals surface area contributed by atoms with Gasteiger partial charge >= 0.3 is 0 Å². The van der Waals surface area contributed by atoms with Gasteiger partial charge in [0.05, 0.1) is 6.10 Å². The first-order valence-corrected chi connectivity index (χ1v) is 10.3. The van der Waals surface area contributed by atoms with Crippen LogP contribution in [0.15, 0.2) is 30.3 Å². The van der Waals surface area contributed by atoms with Crippen molar-refractivity contribution in [2.75, 3.05) is 26.3 Å². The SMILES string of the molecule is CC(C)[C@@H]1CC[C@@H](C)C[C@H]1OCC(=O)NCCNC(=O)COc1ccccc1. The summed E-state index contributed by atoms with van der Waals surface area (Å²) >= 11 is 0. The summed E-state index contributed by atoms with van der Waals surface area (Å²) in [5.41, 5.74) is 0. The minimum atomic E-state index is -0.217. The molecule has 6 heteroatoms. The molecule has 156 valence electrons. The second kappa shape index (κ2) is 11.7. The number of benzene rings is 1. The lowest BCUT2D eigenvalue weighted by atomic mass is 9.75. The van der Waals surface area contributed by atoms with Crippen LogP contribution < -0.4 is 15.4 Å². The fraction of sp³-hybridized carbons (Fsp3) is 0.636. The Hall–Kier alpha value is -2.08. The van der Waals surface area contributed by atoms with Gasteiger partial charge in [-0.3, -0.25) is 9.59 Å². The van der Waals surface area contributed by atoms with E-state index in [1.165, 1.54) is 12.8 Å². The first-order chi connectivity index (χ1) is 13.5. The van der Waals surface area contributed by atoms with Crippen LogP contribution in [-0.2, 0) is 14.3 Å². The van der Waals surface area contributed by atoms with Crippen LogP contribution in [-0.4, -0.2) is 44.2 Å². The average Bonchev–Trinajstić information content (AvgIpc) is 2.68. The van der Waals surface area contributed by atoms with Gasteiger partial charge in [-0.2, -0.15) is 0 Å². The summed E-state index contributed by atoms with van der Waals surface area (Å²) in [5.74, 6) is 2.03. The predicted molar refractivity (Wildman–Crippen MR) is 109 cm³/mol. The van der Waals surface area contributed by atoms with E-state index < -0.39 is 0 Å². The number of carbonyl (C=O) groups excluding carboxylic acids is 2. The molecule has 1 aliphatic rings. The number of nitrogens with one attached hydrogen (secondary N) is 2. The number of carbonyl (C=O) groups is 2. The van der Waals surface area contributed by atoms with Crippen molar-refractivity contribution in [1.82, 2.24) is 10.6 Å². The lowest BCUT2D eigenvalue weighted by Crippen LogP contribution is -2.40. The Morgan fingerprint density at radius 3 is 2.32 bits per heavy atom. The Labute approximate surface area is 168 Å². The van der Waals surface area contributed by atoms with Gasteiger partial charge in [-0.25, -0.2) is 0 Å². The molecule has 0 aliphatic heterocycles. The standard InChI is InChI=1S/C22H34N2O4/c1-16(2)19-10-9-17(3)13-20(19)28-15-22(26)24-12-11-23-21(25)14-27-18-7-5-4-6-8-18/h4-8,16-17,19-20H,9-15H2,1-3H3,(H,23,25)(H,24,26)/t17-,19+,20-/m1/s1. The van der Waals surface area contributed by atoms with Crippen molar-refractivity contribution in [3.8, 4) is 5.75 Å². The van der Waals surface area contributed by atoms with Crippen LogP contribution in [0.1, 0.15) is 40.0 Å². The molecule has 2 rings (SSSR count). The Bertz CT molecular complexity index is 606. The molecular weight excluding hydrogens is 356 g/mol. The Morgan fingerprint density at radius 2 is 1.68 bits per heavy atom. The second-order valence-corrected chi connectivity index (χ2v) is 7.98. The summed E-state index contributed by atoms with van der Waals surface area (Å²) in [6.07, 6.45) is 3.59. The van der Waals surface area contributed by atoms with E-state index in [4.69, 9.17) is 9.47 Å². The molecule has 0 heterocycles. The van der Waals surface area contributed by atoms with Crippen molar-refractivity contribution in [3.05, 3.63) is 30.3 Å². The third kappa shape index (κ3) is 7.89. The highest BCUT2D eigenvalue weighted by Crippen LogP contribution is 2.35. The molecule has 1 fully saturated rings. The quantitative estimate of drug-likeness (QED) is 0.602. The molecular formula is C22H34N2O4. The molecule has 0 aromatic heterocycles. The van der Waals surface area contributed by atoms with E-state index in [0.717, 1.165) is 6.42 Å². The minimum Gasteiger partial charge on any atom is -0.484 e. The Balaban J connectivity index is 1.57. The largest absolute Gasteiger partial charge is 0.484 e. The summed E-state index contributed by atoms with van der Waals surface area (Å²) in [4.78, 5) is 23.8. The van der Waals surface area contributed by atoms with Crippen molar-refractivity contribution in [3.63, 3.8) is 0 Å². The van der Waals surface area contributed by atoms with Crippen LogP contribution in [0.5, 0.6) is 5.75 Å². The maximum atomic E-state index is 12.0. The zero-order chi connectivity index (χ0) is 20.4. The molecule has 0 spiro atoms. The molecule has 2 amide bonds. The number of amides is 2. The van der Waals surface area contributed by atoms with Crippen molar-refractivity contribution in [2.24, 2.45) is 17.8 Å². The van der Waals surface area contributed by atoms with Gasteiger partial charge in [0.2, 0.25) is 5.91 Å². The van der Waals surface area contributed by atoms with Crippen molar-refractivity contribution in [1.29, 1.82) is 0 Å². The topological polar surface area (TPSA) is 76.7 Å². The number of rotatable bonds is 10. The van der Waals surface area contributed by atoms with Crippen molar-refractivity contribution >= 4 is 11.8 Å². The molecule has 6 nitrogen and oxygen atoms in total. The fourth-order valence-corrected chi connectivity index (χ4v) is 3.66. The lowest BCUT2D eigenvalue weighted by molar-refractivity contribution is -0.131. The number of para-hydroxylation sites is 1. The van der Waals surface area contributed by atoms with Crippen LogP contribution in [0.3, 0.4) is 0 Å². The van der Waals surface area contributed by atoms with Gasteiger partial charge in [-0.05, 0) is 42.7 Å². The highest BCUT2D eigenvalue weighted by molar-refractivity contribution is 5.78. The second-order valence-electron chi connectivity index (χ2n) is 7.98. The Kier molecular flexibility index (Phi) is 9.28. The van der Waals surface area contributed by atoms with E-state index >= 15 is 0 Å². The minimum absolute atomic E-state index is 0.0441. The molecule has 2 N–H and O–H groups in total. The first-order valence-electron chi connectivity index (χ1n) is 10.3. The molecule has 1 aliphatic carbocycles. The van der Waals surface area contributed by atoms with Gasteiger partial charge in [-0.1, -0.05) is 45.4 Å². The normalized spacial score (nSPS) is 21.9. The van der Waals surface area contributed by atoms with Crippen LogP contribution in [0.25, 0.3) is 0 Å². The smallest absolute Gasteiger partial charge is 0.258 e. The summed E-state index contributed by atoms with van der Waals surface area (Å²) < 4.78 is 11.3. The van der Waals surface area contributed by atoms with E-state index in [-0.39, 0.29) is 31.1 Å². The van der Waals surface area contributed by atoms with Gasteiger partial charge in [0, 0.05) is 13.1 Å². The summed E-state index contributed by atoms with van der Waals surface area (Å²) in [7, 11) is 0. The maximum absolute atomic E-state index is 12.0. The zero-order valence-electron chi connectivity index (χ0n) is 17.3. The summed E-state index contributed by atoms with van der Waals surface area (Å²) in [5, 5.41) is 5.51. The van der Waals surface area contributed by atoms with Gasteiger partial charge < -0.3 is 20.1 Å². The van der Waals surface area contributed by atoms with Crippen LogP contribution in [0.2, 0.25) is 0 Å². The number of hydrogen-bond acceptors (Lipinski definition) is 4. The maximum Gasteiger partial charge on any atom is 0.258 e. The third-order valence-corrected chi connectivity index (χ3v) is 5.27. The van der Waals surface area contributed by atoms with Crippen LogP contribution >= 0.6 is 0 Å². The van der Waals surface area contributed by atoms with E-state index in [0.29, 0.717) is 36.6 Å². The van der Waals surface area contributed by atoms with E-state index in [2.05, 4.69) is 31.4 Å². The highest BCUT2D eigenvalue weighted by atomic mass is 16.5.